The molecule has 0 heterocycles. The summed E-state index contributed by atoms with van der Waals surface area (Å²) >= 11 is 0. The van der Waals surface area contributed by atoms with Crippen LogP contribution in [0.5, 0.6) is 0 Å². The van der Waals surface area contributed by atoms with Gasteiger partial charge in [-0.25, -0.2) is 9.18 Å². The number of anilines is 1. The second-order valence-corrected chi connectivity index (χ2v) is 2.82. The number of nitrogens with one attached hydrogen (secondary N) is 1. The number of methoxy groups -OCH3 is 1. The number of ether oxygens (including phenoxy) is 1. The highest BCUT2D eigenvalue weighted by atomic mass is 19.1. The smallest absolute Gasteiger partial charge is 0.411 e. The highest BCUT2D eigenvalue weighted by Gasteiger charge is 2.04. The van der Waals surface area contributed by atoms with Crippen LogP contribution in [0.4, 0.5) is 14.9 Å². The first kappa shape index (κ1) is 12.0. The second-order valence-electron chi connectivity index (χ2n) is 2.82. The van der Waals surface area contributed by atoms with Crippen molar-refractivity contribution in [2.45, 2.75) is 0 Å². The van der Waals surface area contributed by atoms with Crippen molar-refractivity contribution < 1.29 is 13.9 Å². The summed E-state index contributed by atoms with van der Waals surface area (Å²) in [4.78, 5) is 10.9. The molecule has 5 heteroatoms. The van der Waals surface area contributed by atoms with Gasteiger partial charge in [-0.1, -0.05) is 11.8 Å². The Bertz CT molecular complexity index is 449. The molecule has 1 aromatic carbocycles. The molecule has 0 unspecified atom stereocenters. The molecule has 3 N–H and O–H groups in total. The Hall–Kier alpha value is -2.06. The van der Waals surface area contributed by atoms with Gasteiger partial charge in [0.2, 0.25) is 0 Å². The third-order valence-electron chi connectivity index (χ3n) is 1.72. The first-order valence-electron chi connectivity index (χ1n) is 4.51. The fourth-order valence-electron chi connectivity index (χ4n) is 1.01. The average Bonchev–Trinajstić information content (AvgIpc) is 2.29. The Morgan fingerprint density at radius 3 is 3.00 bits per heavy atom. The molecule has 1 aromatic rings. The van der Waals surface area contributed by atoms with Crippen molar-refractivity contribution in [2.24, 2.45) is 5.73 Å². The maximum atomic E-state index is 13.2. The second kappa shape index (κ2) is 5.73. The van der Waals surface area contributed by atoms with E-state index in [9.17, 15) is 9.18 Å². The summed E-state index contributed by atoms with van der Waals surface area (Å²) in [5.74, 6) is 4.63. The van der Waals surface area contributed by atoms with E-state index in [-0.39, 0.29) is 12.1 Å². The first-order valence-corrected chi connectivity index (χ1v) is 4.51. The topological polar surface area (TPSA) is 64.3 Å². The molecular formula is C11H11FN2O2. The van der Waals surface area contributed by atoms with Crippen LogP contribution in [0.3, 0.4) is 0 Å². The summed E-state index contributed by atoms with van der Waals surface area (Å²) in [5, 5.41) is 2.41. The Morgan fingerprint density at radius 2 is 2.38 bits per heavy atom. The molecule has 0 aliphatic rings. The number of benzene rings is 1. The number of amides is 1. The summed E-state index contributed by atoms with van der Waals surface area (Å²) < 4.78 is 17.6. The molecule has 0 saturated heterocycles. The van der Waals surface area contributed by atoms with Crippen molar-refractivity contribution in [1.29, 1.82) is 0 Å². The van der Waals surface area contributed by atoms with E-state index in [1.165, 1.54) is 25.3 Å². The summed E-state index contributed by atoms with van der Waals surface area (Å²) in [6, 6.07) is 4.04. The van der Waals surface area contributed by atoms with E-state index in [1.807, 2.05) is 0 Å². The van der Waals surface area contributed by atoms with Crippen molar-refractivity contribution in [3.63, 3.8) is 0 Å². The first-order chi connectivity index (χ1) is 7.67. The van der Waals surface area contributed by atoms with Crippen LogP contribution in [0.25, 0.3) is 0 Å². The number of rotatable bonds is 1. The van der Waals surface area contributed by atoms with Gasteiger partial charge < -0.3 is 10.5 Å². The zero-order valence-electron chi connectivity index (χ0n) is 8.71. The molecule has 0 aromatic heterocycles. The predicted molar refractivity (Wildman–Crippen MR) is 58.4 cm³/mol. The number of carbonyl (C=O) groups is 1. The fraction of sp³-hybridized carbons (Fsp3) is 0.182. The molecule has 1 rings (SSSR count). The van der Waals surface area contributed by atoms with E-state index >= 15 is 0 Å². The van der Waals surface area contributed by atoms with Crippen molar-refractivity contribution in [2.75, 3.05) is 19.0 Å². The van der Waals surface area contributed by atoms with Gasteiger partial charge >= 0.3 is 6.09 Å². The lowest BCUT2D eigenvalue weighted by molar-refractivity contribution is 0.187. The summed E-state index contributed by atoms with van der Waals surface area (Å²) in [5.41, 5.74) is 5.77. The monoisotopic (exact) mass is 222 g/mol. The molecule has 0 spiro atoms. The van der Waals surface area contributed by atoms with Crippen LogP contribution >= 0.6 is 0 Å². The molecular weight excluding hydrogens is 211 g/mol. The Kier molecular flexibility index (Phi) is 4.30. The van der Waals surface area contributed by atoms with Crippen LogP contribution in [-0.4, -0.2) is 19.7 Å². The number of halogens is 1. The highest BCUT2D eigenvalue weighted by Crippen LogP contribution is 2.13. The molecule has 84 valence electrons. The van der Waals surface area contributed by atoms with E-state index in [4.69, 9.17) is 5.73 Å². The maximum Gasteiger partial charge on any atom is 0.411 e. The van der Waals surface area contributed by atoms with Gasteiger partial charge in [0, 0.05) is 5.69 Å². The molecule has 0 saturated carbocycles. The molecule has 4 nitrogen and oxygen atoms in total. The molecule has 0 fully saturated rings. The van der Waals surface area contributed by atoms with Gasteiger partial charge in [-0.05, 0) is 18.2 Å². The lowest BCUT2D eigenvalue weighted by atomic mass is 10.2. The van der Waals surface area contributed by atoms with Gasteiger partial charge in [-0.15, -0.1) is 0 Å². The minimum absolute atomic E-state index is 0.147. The zero-order chi connectivity index (χ0) is 12.0. The van der Waals surface area contributed by atoms with E-state index in [2.05, 4.69) is 21.9 Å². The molecule has 0 bridgehead atoms. The van der Waals surface area contributed by atoms with E-state index in [0.717, 1.165) is 0 Å². The van der Waals surface area contributed by atoms with Crippen molar-refractivity contribution in [1.82, 2.24) is 0 Å². The highest BCUT2D eigenvalue weighted by molar-refractivity contribution is 5.84. The lowest BCUT2D eigenvalue weighted by Gasteiger charge is -2.04. The van der Waals surface area contributed by atoms with Crippen molar-refractivity contribution >= 4 is 11.8 Å². The van der Waals surface area contributed by atoms with Gasteiger partial charge in [0.25, 0.3) is 0 Å². The molecule has 0 atom stereocenters. The number of hydrogen-bond acceptors (Lipinski definition) is 3. The van der Waals surface area contributed by atoms with E-state index in [1.54, 1.807) is 0 Å². The van der Waals surface area contributed by atoms with Crippen LogP contribution in [0.15, 0.2) is 18.2 Å². The van der Waals surface area contributed by atoms with E-state index in [0.29, 0.717) is 5.69 Å². The van der Waals surface area contributed by atoms with Crippen LogP contribution in [0.2, 0.25) is 0 Å². The number of nitrogens with two attached hydrogens (primary N) is 1. The van der Waals surface area contributed by atoms with Crippen LogP contribution in [0, 0.1) is 17.7 Å². The normalized spacial score (nSPS) is 8.94. The van der Waals surface area contributed by atoms with Crippen LogP contribution in [-0.2, 0) is 4.74 Å². The van der Waals surface area contributed by atoms with Gasteiger partial charge in [-0.2, -0.15) is 0 Å². The molecule has 0 radical (unpaired) electrons. The van der Waals surface area contributed by atoms with Gasteiger partial charge in [0.05, 0.1) is 19.2 Å². The molecule has 16 heavy (non-hydrogen) atoms. The van der Waals surface area contributed by atoms with Gasteiger partial charge in [-0.3, -0.25) is 5.32 Å². The summed E-state index contributed by atoms with van der Waals surface area (Å²) in [7, 11) is 1.24. The van der Waals surface area contributed by atoms with Gasteiger partial charge in [0.15, 0.2) is 0 Å². The van der Waals surface area contributed by atoms with Crippen LogP contribution in [0.1, 0.15) is 5.56 Å². The third-order valence-corrected chi connectivity index (χ3v) is 1.72. The summed E-state index contributed by atoms with van der Waals surface area (Å²) in [6.45, 7) is 0.147. The van der Waals surface area contributed by atoms with Crippen LogP contribution < -0.4 is 11.1 Å². The number of carbonyl (C=O) groups excluding carboxylic acids is 1. The third kappa shape index (κ3) is 3.26. The lowest BCUT2D eigenvalue weighted by Crippen LogP contribution is -2.11. The quantitative estimate of drug-likeness (QED) is 0.704. The minimum atomic E-state index is -0.621. The van der Waals surface area contributed by atoms with Crippen molar-refractivity contribution in [3.8, 4) is 11.8 Å². The Morgan fingerprint density at radius 1 is 1.62 bits per heavy atom. The average molecular weight is 222 g/mol. The Labute approximate surface area is 92.6 Å². The largest absolute Gasteiger partial charge is 0.453 e. The Balaban J connectivity index is 2.93. The van der Waals surface area contributed by atoms with Gasteiger partial charge in [0.1, 0.15) is 5.82 Å². The van der Waals surface area contributed by atoms with E-state index < -0.39 is 11.9 Å². The predicted octanol–water partition coefficient (Wildman–Crippen LogP) is 1.31. The molecule has 1 amide bonds. The minimum Gasteiger partial charge on any atom is -0.453 e. The van der Waals surface area contributed by atoms with Crippen molar-refractivity contribution in [3.05, 3.63) is 29.6 Å². The maximum absolute atomic E-state index is 13.2. The molecule has 0 aliphatic carbocycles. The zero-order valence-corrected chi connectivity index (χ0v) is 8.71. The fourth-order valence-corrected chi connectivity index (χ4v) is 1.01. The number of hydrogen-bond donors (Lipinski definition) is 2. The summed E-state index contributed by atoms with van der Waals surface area (Å²) in [6.07, 6.45) is -0.621. The SMILES string of the molecule is COC(=O)Nc1ccc(F)c(C#CCN)c1. The molecule has 0 aliphatic heterocycles. The standard InChI is InChI=1S/C11H11FN2O2/c1-16-11(15)14-9-4-5-10(12)8(7-9)3-2-6-13/h4-5,7H,6,13H2,1H3,(H,14,15).